The first kappa shape index (κ1) is 20.1. The fourth-order valence-corrected chi connectivity index (χ4v) is 4.20. The molecule has 6 nitrogen and oxygen atoms in total. The Morgan fingerprint density at radius 3 is 2.23 bits per heavy atom. The Hall–Kier alpha value is -3.15. The molecular weight excluding hydrogens is 380 g/mol. The number of carbonyl (C=O) groups excluding carboxylic acids is 3. The minimum absolute atomic E-state index is 0.241. The smallest absolute Gasteiger partial charge is 0.410 e. The van der Waals surface area contributed by atoms with E-state index in [4.69, 9.17) is 4.74 Å². The van der Waals surface area contributed by atoms with Crippen LogP contribution in [-0.4, -0.2) is 46.4 Å². The van der Waals surface area contributed by atoms with Crippen LogP contribution >= 0.6 is 0 Å². The van der Waals surface area contributed by atoms with E-state index in [1.807, 2.05) is 39.0 Å². The van der Waals surface area contributed by atoms with Gasteiger partial charge in [-0.2, -0.15) is 0 Å². The van der Waals surface area contributed by atoms with Gasteiger partial charge in [0.25, 0.3) is 11.8 Å². The summed E-state index contributed by atoms with van der Waals surface area (Å²) in [7, 11) is 0. The highest BCUT2D eigenvalue weighted by Gasteiger charge is 2.38. The van der Waals surface area contributed by atoms with Gasteiger partial charge in [-0.05, 0) is 56.9 Å². The van der Waals surface area contributed by atoms with Gasteiger partial charge in [0.2, 0.25) is 0 Å². The summed E-state index contributed by atoms with van der Waals surface area (Å²) in [6, 6.07) is 14.6. The Morgan fingerprint density at radius 1 is 1.00 bits per heavy atom. The SMILES string of the molecule is CC(C)(C)OC(=O)N1CCc2ccccc2C1CCN1C(=O)c2ccccc2C1=O. The van der Waals surface area contributed by atoms with Crippen LogP contribution in [0.15, 0.2) is 48.5 Å². The van der Waals surface area contributed by atoms with Crippen LogP contribution in [0.25, 0.3) is 0 Å². The maximum atomic E-state index is 12.9. The van der Waals surface area contributed by atoms with Gasteiger partial charge < -0.3 is 9.64 Å². The van der Waals surface area contributed by atoms with E-state index in [1.54, 1.807) is 29.2 Å². The number of carbonyl (C=O) groups is 3. The molecule has 0 radical (unpaired) electrons. The van der Waals surface area contributed by atoms with Crippen molar-refractivity contribution in [2.45, 2.75) is 45.3 Å². The monoisotopic (exact) mass is 406 g/mol. The third kappa shape index (κ3) is 3.70. The number of nitrogens with zero attached hydrogens (tertiary/aromatic N) is 2. The van der Waals surface area contributed by atoms with Crippen molar-refractivity contribution in [2.24, 2.45) is 0 Å². The number of rotatable bonds is 3. The zero-order valence-electron chi connectivity index (χ0n) is 17.6. The van der Waals surface area contributed by atoms with Crippen molar-refractivity contribution in [2.75, 3.05) is 13.1 Å². The molecule has 1 atom stereocenters. The Kier molecular flexibility index (Phi) is 5.10. The highest BCUT2D eigenvalue weighted by atomic mass is 16.6. The van der Waals surface area contributed by atoms with E-state index in [0.717, 1.165) is 12.0 Å². The summed E-state index contributed by atoms with van der Waals surface area (Å²) in [5.41, 5.74) is 2.52. The number of imide groups is 1. The number of ether oxygens (including phenoxy) is 1. The van der Waals surface area contributed by atoms with Gasteiger partial charge in [-0.15, -0.1) is 0 Å². The summed E-state index contributed by atoms with van der Waals surface area (Å²) in [6.07, 6.45) is 0.838. The number of amides is 3. The maximum Gasteiger partial charge on any atom is 0.410 e. The minimum Gasteiger partial charge on any atom is -0.444 e. The summed E-state index contributed by atoms with van der Waals surface area (Å²) in [5, 5.41) is 0. The predicted molar refractivity (Wildman–Crippen MR) is 112 cm³/mol. The summed E-state index contributed by atoms with van der Waals surface area (Å²) in [4.78, 5) is 41.4. The molecule has 2 heterocycles. The number of hydrogen-bond donors (Lipinski definition) is 0. The Balaban J connectivity index is 1.57. The molecule has 0 aromatic heterocycles. The zero-order valence-corrected chi connectivity index (χ0v) is 17.6. The van der Waals surface area contributed by atoms with E-state index in [2.05, 4.69) is 6.07 Å². The van der Waals surface area contributed by atoms with E-state index in [9.17, 15) is 14.4 Å². The molecule has 30 heavy (non-hydrogen) atoms. The molecule has 0 N–H and O–H groups in total. The van der Waals surface area contributed by atoms with Crippen molar-refractivity contribution < 1.29 is 19.1 Å². The van der Waals surface area contributed by atoms with Gasteiger partial charge in [-0.25, -0.2) is 4.79 Å². The minimum atomic E-state index is -0.596. The third-order valence-electron chi connectivity index (χ3n) is 5.54. The van der Waals surface area contributed by atoms with Crippen LogP contribution in [0.2, 0.25) is 0 Å². The van der Waals surface area contributed by atoms with Crippen LogP contribution < -0.4 is 0 Å². The van der Waals surface area contributed by atoms with Gasteiger partial charge in [0.15, 0.2) is 0 Å². The van der Waals surface area contributed by atoms with Gasteiger partial charge in [0.05, 0.1) is 17.2 Å². The summed E-state index contributed by atoms with van der Waals surface area (Å²) in [6.45, 7) is 6.31. The average molecular weight is 406 g/mol. The predicted octanol–water partition coefficient (Wildman–Crippen LogP) is 4.21. The molecule has 0 saturated carbocycles. The molecule has 2 aliphatic rings. The average Bonchev–Trinajstić information content (AvgIpc) is 2.95. The standard InChI is InChI=1S/C24H26N2O4/c1-24(2,3)30-23(29)25-14-12-16-8-4-5-9-17(16)20(25)13-15-26-21(27)18-10-6-7-11-19(18)22(26)28/h4-11,20H,12-15H2,1-3H3. The Bertz CT molecular complexity index is 973. The summed E-state index contributed by atoms with van der Waals surface area (Å²) >= 11 is 0. The maximum absolute atomic E-state index is 12.9. The van der Waals surface area contributed by atoms with Crippen LogP contribution in [-0.2, 0) is 11.2 Å². The second-order valence-electron chi connectivity index (χ2n) is 8.73. The van der Waals surface area contributed by atoms with E-state index in [1.165, 1.54) is 10.5 Å². The van der Waals surface area contributed by atoms with Crippen LogP contribution in [0.1, 0.15) is 65.1 Å². The molecule has 1 unspecified atom stereocenters. The highest BCUT2D eigenvalue weighted by molar-refractivity contribution is 6.21. The largest absolute Gasteiger partial charge is 0.444 e. The summed E-state index contributed by atoms with van der Waals surface area (Å²) in [5.74, 6) is -0.549. The molecule has 4 rings (SSSR count). The van der Waals surface area contributed by atoms with E-state index >= 15 is 0 Å². The lowest BCUT2D eigenvalue weighted by molar-refractivity contribution is 0.0126. The molecule has 0 aliphatic carbocycles. The van der Waals surface area contributed by atoms with Gasteiger partial charge in [-0.1, -0.05) is 36.4 Å². The fraction of sp³-hybridized carbons (Fsp3) is 0.375. The number of hydrogen-bond acceptors (Lipinski definition) is 4. The third-order valence-corrected chi connectivity index (χ3v) is 5.54. The van der Waals surface area contributed by atoms with Crippen molar-refractivity contribution in [3.63, 3.8) is 0 Å². The first-order valence-corrected chi connectivity index (χ1v) is 10.3. The fourth-order valence-electron chi connectivity index (χ4n) is 4.20. The molecule has 3 amide bonds. The zero-order chi connectivity index (χ0) is 21.5. The molecule has 2 aliphatic heterocycles. The number of benzene rings is 2. The van der Waals surface area contributed by atoms with Gasteiger partial charge in [0, 0.05) is 13.1 Å². The van der Waals surface area contributed by atoms with Crippen molar-refractivity contribution in [1.29, 1.82) is 0 Å². The Labute approximate surface area is 176 Å². The quantitative estimate of drug-likeness (QED) is 0.717. The Morgan fingerprint density at radius 2 is 1.60 bits per heavy atom. The molecule has 0 fully saturated rings. The number of fused-ring (bicyclic) bond motifs is 2. The van der Waals surface area contributed by atoms with Crippen LogP contribution in [0, 0.1) is 0 Å². The van der Waals surface area contributed by atoms with E-state index in [-0.39, 0.29) is 30.5 Å². The highest BCUT2D eigenvalue weighted by Crippen LogP contribution is 2.34. The van der Waals surface area contributed by atoms with E-state index in [0.29, 0.717) is 24.1 Å². The normalized spacial score (nSPS) is 18.3. The van der Waals surface area contributed by atoms with Crippen molar-refractivity contribution >= 4 is 17.9 Å². The molecule has 2 aromatic rings. The van der Waals surface area contributed by atoms with Gasteiger partial charge in [0.1, 0.15) is 5.60 Å². The van der Waals surface area contributed by atoms with Crippen molar-refractivity contribution in [3.8, 4) is 0 Å². The molecule has 2 aromatic carbocycles. The molecular formula is C24H26N2O4. The first-order valence-electron chi connectivity index (χ1n) is 10.3. The second kappa shape index (κ2) is 7.59. The van der Waals surface area contributed by atoms with Crippen molar-refractivity contribution in [3.05, 3.63) is 70.8 Å². The lowest BCUT2D eigenvalue weighted by atomic mass is 9.91. The first-order chi connectivity index (χ1) is 14.3. The van der Waals surface area contributed by atoms with Crippen LogP contribution in [0.5, 0.6) is 0 Å². The molecule has 0 saturated heterocycles. The second-order valence-corrected chi connectivity index (χ2v) is 8.73. The van der Waals surface area contributed by atoms with Crippen molar-refractivity contribution in [1.82, 2.24) is 9.80 Å². The molecule has 0 spiro atoms. The molecule has 156 valence electrons. The lowest BCUT2D eigenvalue weighted by Crippen LogP contribution is -2.44. The topological polar surface area (TPSA) is 66.9 Å². The van der Waals surface area contributed by atoms with Crippen LogP contribution in [0.3, 0.4) is 0 Å². The van der Waals surface area contributed by atoms with E-state index < -0.39 is 5.60 Å². The van der Waals surface area contributed by atoms with Gasteiger partial charge >= 0.3 is 6.09 Å². The summed E-state index contributed by atoms with van der Waals surface area (Å²) < 4.78 is 5.63. The molecule has 0 bridgehead atoms. The van der Waals surface area contributed by atoms with Crippen LogP contribution in [0.4, 0.5) is 4.79 Å². The molecule has 6 heteroatoms. The lowest BCUT2D eigenvalue weighted by Gasteiger charge is -2.38. The van der Waals surface area contributed by atoms with Gasteiger partial charge in [-0.3, -0.25) is 14.5 Å².